The van der Waals surface area contributed by atoms with Crippen molar-refractivity contribution in [3.8, 4) is 11.3 Å². The monoisotopic (exact) mass is 275 g/mol. The number of anilines is 1. The van der Waals surface area contributed by atoms with Crippen LogP contribution in [0.1, 0.15) is 5.69 Å². The van der Waals surface area contributed by atoms with Gasteiger partial charge in [0.2, 0.25) is 0 Å². The molecule has 7 nitrogen and oxygen atoms in total. The van der Waals surface area contributed by atoms with Gasteiger partial charge in [0.15, 0.2) is 11.7 Å². The summed E-state index contributed by atoms with van der Waals surface area (Å²) in [6, 6.07) is 9.30. The molecular weight excluding hydrogens is 266 g/mol. The van der Waals surface area contributed by atoms with Crippen LogP contribution in [0.2, 0.25) is 0 Å². The van der Waals surface area contributed by atoms with Crippen molar-refractivity contribution in [3.05, 3.63) is 42.2 Å². The highest BCUT2D eigenvalue weighted by molar-refractivity contribution is 7.91. The lowest BCUT2D eigenvalue weighted by Crippen LogP contribution is -2.28. The van der Waals surface area contributed by atoms with Crippen LogP contribution in [0.5, 0.6) is 0 Å². The maximum Gasteiger partial charge on any atom is 0.345 e. The number of nitrogens with zero attached hydrogens (tertiary/aromatic N) is 3. The third-order valence-electron chi connectivity index (χ3n) is 2.53. The molecule has 0 bridgehead atoms. The highest BCUT2D eigenvalue weighted by Gasteiger charge is 2.23. The lowest BCUT2D eigenvalue weighted by molar-refractivity contribution is 0.602. The van der Waals surface area contributed by atoms with E-state index in [0.717, 1.165) is 5.56 Å². The Kier molecular flexibility index (Phi) is 2.46. The summed E-state index contributed by atoms with van der Waals surface area (Å²) in [5.41, 5.74) is 7.15. The minimum atomic E-state index is -3.83. The molecule has 1 aliphatic rings. The molecule has 0 saturated carbocycles. The van der Waals surface area contributed by atoms with E-state index in [1.807, 2.05) is 30.3 Å². The van der Waals surface area contributed by atoms with E-state index in [1.54, 1.807) is 0 Å². The number of amidine groups is 1. The van der Waals surface area contributed by atoms with Gasteiger partial charge in [-0.3, -0.25) is 0 Å². The Morgan fingerprint density at radius 2 is 1.89 bits per heavy atom. The minimum Gasteiger partial charge on any atom is -0.381 e. The first-order valence-electron chi connectivity index (χ1n) is 5.36. The molecule has 1 aromatic carbocycles. The molecule has 1 aliphatic heterocycles. The first kappa shape index (κ1) is 11.6. The van der Waals surface area contributed by atoms with Crippen LogP contribution in [0.15, 0.2) is 40.9 Å². The number of hydrogen-bond acceptors (Lipinski definition) is 5. The maximum absolute atomic E-state index is 11.4. The Labute approximate surface area is 109 Å². The van der Waals surface area contributed by atoms with E-state index in [4.69, 9.17) is 5.73 Å². The van der Waals surface area contributed by atoms with E-state index in [9.17, 15) is 8.42 Å². The normalized spacial score (nSPS) is 16.1. The fourth-order valence-electron chi connectivity index (χ4n) is 1.71. The van der Waals surface area contributed by atoms with E-state index in [1.165, 1.54) is 6.20 Å². The molecule has 2 aromatic rings. The number of rotatable bonds is 1. The average molecular weight is 275 g/mol. The quantitative estimate of drug-likeness (QED) is 0.788. The number of hydrogen-bond donors (Lipinski definition) is 2. The van der Waals surface area contributed by atoms with Gasteiger partial charge in [-0.25, -0.2) is 14.7 Å². The van der Waals surface area contributed by atoms with E-state index in [0.29, 0.717) is 5.69 Å². The first-order chi connectivity index (χ1) is 9.05. The summed E-state index contributed by atoms with van der Waals surface area (Å²) in [5.74, 6) is -0.0743. The summed E-state index contributed by atoms with van der Waals surface area (Å²) < 4.78 is 28.4. The molecular formula is C11H9N5O2S. The lowest BCUT2D eigenvalue weighted by atomic mass is 10.1. The Hall–Kier alpha value is -2.48. The summed E-state index contributed by atoms with van der Waals surface area (Å²) in [6.45, 7) is 0. The Bertz CT molecular complexity index is 771. The van der Waals surface area contributed by atoms with Crippen LogP contribution in [0.3, 0.4) is 0 Å². The summed E-state index contributed by atoms with van der Waals surface area (Å²) >= 11 is 0. The summed E-state index contributed by atoms with van der Waals surface area (Å²) in [7, 11) is -3.83. The van der Waals surface area contributed by atoms with Crippen LogP contribution in [0.4, 0.5) is 5.82 Å². The number of aromatic nitrogens is 2. The van der Waals surface area contributed by atoms with Crippen LogP contribution in [0.25, 0.3) is 11.3 Å². The van der Waals surface area contributed by atoms with Gasteiger partial charge in [-0.1, -0.05) is 30.3 Å². The van der Waals surface area contributed by atoms with Crippen LogP contribution in [0, 0.1) is 0 Å². The molecule has 8 heteroatoms. The molecule has 0 spiro atoms. The first-order valence-corrected chi connectivity index (χ1v) is 6.80. The molecule has 19 heavy (non-hydrogen) atoms. The molecule has 0 amide bonds. The second-order valence-corrected chi connectivity index (χ2v) is 5.21. The zero-order valence-corrected chi connectivity index (χ0v) is 10.4. The van der Waals surface area contributed by atoms with Crippen molar-refractivity contribution in [2.45, 2.75) is 0 Å². The lowest BCUT2D eigenvalue weighted by Gasteiger charge is -2.14. The van der Waals surface area contributed by atoms with Crippen molar-refractivity contribution in [3.63, 3.8) is 0 Å². The summed E-state index contributed by atoms with van der Waals surface area (Å²) in [6.07, 6.45) is 1.52. The Morgan fingerprint density at radius 3 is 2.63 bits per heavy atom. The molecule has 0 radical (unpaired) electrons. The van der Waals surface area contributed by atoms with Crippen LogP contribution in [-0.4, -0.2) is 24.2 Å². The molecule has 0 aliphatic carbocycles. The van der Waals surface area contributed by atoms with Gasteiger partial charge in [0.1, 0.15) is 5.69 Å². The number of benzene rings is 1. The molecule has 0 saturated heterocycles. The molecule has 96 valence electrons. The third kappa shape index (κ3) is 2.13. The predicted molar refractivity (Wildman–Crippen MR) is 70.7 cm³/mol. The van der Waals surface area contributed by atoms with Crippen molar-refractivity contribution >= 4 is 21.9 Å². The highest BCUT2D eigenvalue weighted by atomic mass is 32.2. The van der Waals surface area contributed by atoms with Gasteiger partial charge in [0.25, 0.3) is 0 Å². The van der Waals surface area contributed by atoms with Gasteiger partial charge in [0.05, 0.1) is 11.9 Å². The maximum atomic E-state index is 11.4. The number of fused-ring (bicyclic) bond motifs is 1. The van der Waals surface area contributed by atoms with Gasteiger partial charge < -0.3 is 5.73 Å². The third-order valence-corrected chi connectivity index (χ3v) is 3.42. The zero-order valence-electron chi connectivity index (χ0n) is 9.61. The molecule has 3 N–H and O–H groups in total. The van der Waals surface area contributed by atoms with Crippen molar-refractivity contribution in [1.82, 2.24) is 9.97 Å². The van der Waals surface area contributed by atoms with E-state index >= 15 is 0 Å². The van der Waals surface area contributed by atoms with Crippen LogP contribution in [-0.2, 0) is 10.2 Å². The molecule has 3 rings (SSSR count). The summed E-state index contributed by atoms with van der Waals surface area (Å²) in [5, 5.41) is 0. The van der Waals surface area contributed by atoms with Crippen molar-refractivity contribution in [2.75, 3.05) is 4.72 Å². The van der Waals surface area contributed by atoms with Crippen molar-refractivity contribution in [1.29, 1.82) is 0 Å². The molecule has 0 unspecified atom stereocenters. The second-order valence-electron chi connectivity index (χ2n) is 3.87. The van der Waals surface area contributed by atoms with Crippen molar-refractivity contribution in [2.24, 2.45) is 10.1 Å². The molecule has 0 fully saturated rings. The van der Waals surface area contributed by atoms with Gasteiger partial charge >= 0.3 is 10.2 Å². The van der Waals surface area contributed by atoms with E-state index < -0.39 is 10.2 Å². The van der Waals surface area contributed by atoms with E-state index in [2.05, 4.69) is 19.1 Å². The number of nitrogens with one attached hydrogen (secondary N) is 1. The number of nitrogens with two attached hydrogens (primary N) is 1. The minimum absolute atomic E-state index is 0.0915. The van der Waals surface area contributed by atoms with Gasteiger partial charge in [-0.2, -0.15) is 8.42 Å². The largest absolute Gasteiger partial charge is 0.381 e. The smallest absolute Gasteiger partial charge is 0.345 e. The van der Waals surface area contributed by atoms with Crippen LogP contribution < -0.4 is 10.5 Å². The molecule has 0 atom stereocenters. The topological polar surface area (TPSA) is 110 Å². The van der Waals surface area contributed by atoms with Gasteiger partial charge in [-0.05, 0) is 0 Å². The standard InChI is InChI=1S/C11H9N5O2S/c12-10-9-11(16-19(17,18)15-10)14-8(6-13-9)7-4-2-1-3-5-7/h1-6H,(H2,12,15)(H,14,16). The average Bonchev–Trinajstić information content (AvgIpc) is 2.37. The predicted octanol–water partition coefficient (Wildman–Crippen LogP) is 0.519. The van der Waals surface area contributed by atoms with Gasteiger partial charge in [0, 0.05) is 5.56 Å². The fourth-order valence-corrected chi connectivity index (χ4v) is 2.49. The highest BCUT2D eigenvalue weighted by Crippen LogP contribution is 2.22. The van der Waals surface area contributed by atoms with Gasteiger partial charge in [-0.15, -0.1) is 4.40 Å². The van der Waals surface area contributed by atoms with Crippen molar-refractivity contribution < 1.29 is 8.42 Å². The Balaban J connectivity index is 2.14. The summed E-state index contributed by atoms with van der Waals surface area (Å²) in [4.78, 5) is 8.31. The second kappa shape index (κ2) is 4.02. The molecule has 1 aromatic heterocycles. The van der Waals surface area contributed by atoms with E-state index in [-0.39, 0.29) is 17.3 Å². The zero-order chi connectivity index (χ0) is 13.5. The fraction of sp³-hybridized carbons (Fsp3) is 0. The van der Waals surface area contributed by atoms with Crippen LogP contribution >= 0.6 is 0 Å². The molecule has 2 heterocycles. The SMILES string of the molecule is NC1=NS(=O)(=O)Nc2nc(-c3ccccc3)cnc21. The Morgan fingerprint density at radius 1 is 1.16 bits per heavy atom.